The van der Waals surface area contributed by atoms with Crippen molar-refractivity contribution < 1.29 is 41.7 Å². The van der Waals surface area contributed by atoms with Crippen molar-refractivity contribution in [2.24, 2.45) is 0 Å². The molecule has 3 aromatic carbocycles. The third-order valence-electron chi connectivity index (χ3n) is 7.77. The number of rotatable bonds is 13. The molecule has 0 fully saturated rings. The van der Waals surface area contributed by atoms with Crippen LogP contribution < -0.4 is 19.7 Å². The maximum atomic E-state index is 13.9. The molecule has 0 bridgehead atoms. The van der Waals surface area contributed by atoms with Crippen molar-refractivity contribution in [3.63, 3.8) is 0 Å². The second-order valence-corrected chi connectivity index (χ2v) is 14.4. The minimum absolute atomic E-state index is 0.0377. The number of hydrogen-bond donors (Lipinski definition) is 4. The number of carbonyl (C=O) groups is 1. The number of benzene rings is 3. The number of phosphoric acid groups is 1. The average Bonchev–Trinajstić information content (AvgIpc) is 3.59. The predicted molar refractivity (Wildman–Crippen MR) is 171 cm³/mol. The summed E-state index contributed by atoms with van der Waals surface area (Å²) in [5.74, 6) is 0.240. The molecule has 2 unspecified atom stereocenters. The quantitative estimate of drug-likeness (QED) is 0.0670. The van der Waals surface area contributed by atoms with Gasteiger partial charge in [0.05, 0.1) is 16.9 Å². The third-order valence-corrected chi connectivity index (χ3v) is 10.2. The molecule has 248 valence electrons. The van der Waals surface area contributed by atoms with E-state index in [2.05, 4.69) is 14.6 Å². The molecule has 18 heteroatoms. The lowest BCUT2D eigenvalue weighted by molar-refractivity contribution is -0.386. The first-order chi connectivity index (χ1) is 21.7. The van der Waals surface area contributed by atoms with Crippen LogP contribution in [0.1, 0.15) is 17.0 Å². The summed E-state index contributed by atoms with van der Waals surface area (Å²) in [6.45, 7) is 0.319. The van der Waals surface area contributed by atoms with Crippen LogP contribution in [0.4, 0.5) is 17.1 Å². The Morgan fingerprint density at radius 2 is 1.93 bits per heavy atom. The van der Waals surface area contributed by atoms with Crippen LogP contribution in [-0.4, -0.2) is 92.8 Å². The molecule has 2 heterocycles. The first-order valence-electron chi connectivity index (χ1n) is 14.2. The van der Waals surface area contributed by atoms with Crippen molar-refractivity contribution in [3.05, 3.63) is 63.7 Å². The molecule has 2 aliphatic heterocycles. The molecule has 2 aliphatic rings. The summed E-state index contributed by atoms with van der Waals surface area (Å²) in [4.78, 5) is 45.9. The third kappa shape index (κ3) is 7.14. The standard InChI is InChI=1S/C28H33ClN5O10PS/c1-32(2)10-12-43-19-3-6-22-17(13-19)14-23(31-22)28(35)33-16-18(15-29)26-20-5-8-25(27(34(36)37)21(20)4-7-24(26)33)46(41,42)30-9-11-44-45(38,39)40/h3-8,13,18,23,30-31H,9-12,14-16H2,1-2H3,(H2,38,39,40). The number of phosphoric ester groups is 1. The number of nitrogens with zero attached hydrogens (tertiary/aromatic N) is 3. The van der Waals surface area contributed by atoms with Gasteiger partial charge < -0.3 is 29.6 Å². The highest BCUT2D eigenvalue weighted by Gasteiger charge is 2.40. The van der Waals surface area contributed by atoms with Crippen LogP contribution in [0, 0.1) is 10.1 Å². The number of nitrogens with one attached hydrogen (secondary N) is 2. The molecule has 3 aromatic rings. The lowest BCUT2D eigenvalue weighted by Crippen LogP contribution is -2.41. The van der Waals surface area contributed by atoms with Crippen LogP contribution in [0.25, 0.3) is 10.8 Å². The summed E-state index contributed by atoms with van der Waals surface area (Å²) < 4.78 is 49.0. The van der Waals surface area contributed by atoms with Crippen molar-refractivity contribution in [2.45, 2.75) is 23.3 Å². The average molecular weight is 698 g/mol. The summed E-state index contributed by atoms with van der Waals surface area (Å²) in [6.07, 6.45) is 0.433. The van der Waals surface area contributed by atoms with E-state index in [-0.39, 0.29) is 29.6 Å². The van der Waals surface area contributed by atoms with Crippen molar-refractivity contribution in [1.29, 1.82) is 0 Å². The van der Waals surface area contributed by atoms with Gasteiger partial charge in [-0.3, -0.25) is 19.4 Å². The van der Waals surface area contributed by atoms with Gasteiger partial charge in [0, 0.05) is 49.2 Å². The Morgan fingerprint density at radius 1 is 1.20 bits per heavy atom. The fourth-order valence-electron chi connectivity index (χ4n) is 5.73. The zero-order chi connectivity index (χ0) is 33.4. The number of nitro groups is 1. The predicted octanol–water partition coefficient (Wildman–Crippen LogP) is 2.78. The summed E-state index contributed by atoms with van der Waals surface area (Å²) in [5.41, 5.74) is 2.22. The topological polar surface area (TPSA) is 201 Å². The molecule has 4 N–H and O–H groups in total. The molecule has 0 saturated carbocycles. The Hall–Kier alpha value is -3.34. The van der Waals surface area contributed by atoms with Crippen LogP contribution in [0.15, 0.2) is 47.4 Å². The van der Waals surface area contributed by atoms with E-state index in [4.69, 9.17) is 26.1 Å². The van der Waals surface area contributed by atoms with Gasteiger partial charge in [0.15, 0.2) is 4.90 Å². The molecule has 0 spiro atoms. The maximum absolute atomic E-state index is 13.9. The fourth-order valence-corrected chi connectivity index (χ4v) is 7.50. The molecule has 2 atom stereocenters. The lowest BCUT2D eigenvalue weighted by Gasteiger charge is -2.22. The Labute approximate surface area is 269 Å². The van der Waals surface area contributed by atoms with Gasteiger partial charge in [-0.05, 0) is 67.0 Å². The molecular weight excluding hydrogens is 665 g/mol. The van der Waals surface area contributed by atoms with Gasteiger partial charge in [-0.25, -0.2) is 17.7 Å². The van der Waals surface area contributed by atoms with E-state index in [0.717, 1.165) is 23.9 Å². The van der Waals surface area contributed by atoms with Crippen LogP contribution in [0.3, 0.4) is 0 Å². The van der Waals surface area contributed by atoms with Crippen LogP contribution in [0.2, 0.25) is 0 Å². The van der Waals surface area contributed by atoms with Gasteiger partial charge in [-0.2, -0.15) is 0 Å². The smallest absolute Gasteiger partial charge is 0.469 e. The van der Waals surface area contributed by atoms with Crippen LogP contribution >= 0.6 is 19.4 Å². The summed E-state index contributed by atoms with van der Waals surface area (Å²) >= 11 is 6.35. The first-order valence-corrected chi connectivity index (χ1v) is 17.7. The summed E-state index contributed by atoms with van der Waals surface area (Å²) in [5, 5.41) is 15.9. The van der Waals surface area contributed by atoms with Gasteiger partial charge in [-0.1, -0.05) is 6.07 Å². The van der Waals surface area contributed by atoms with E-state index in [9.17, 15) is 27.9 Å². The van der Waals surface area contributed by atoms with Gasteiger partial charge in [0.1, 0.15) is 18.4 Å². The first kappa shape index (κ1) is 34.0. The minimum atomic E-state index is -4.83. The molecule has 5 rings (SSSR count). The lowest BCUT2D eigenvalue weighted by atomic mass is 9.95. The second-order valence-electron chi connectivity index (χ2n) is 11.2. The molecule has 0 radical (unpaired) electrons. The number of fused-ring (bicyclic) bond motifs is 4. The number of nitro benzene ring substituents is 1. The number of amides is 1. The molecule has 0 aliphatic carbocycles. The van der Waals surface area contributed by atoms with Gasteiger partial charge >= 0.3 is 7.82 Å². The van der Waals surface area contributed by atoms with Gasteiger partial charge in [0.25, 0.3) is 5.69 Å². The molecular formula is C28H33ClN5O10PS. The fraction of sp³-hybridized carbons (Fsp3) is 0.393. The van der Waals surface area contributed by atoms with E-state index in [1.54, 1.807) is 11.0 Å². The monoisotopic (exact) mass is 697 g/mol. The van der Waals surface area contributed by atoms with Crippen molar-refractivity contribution in [3.8, 4) is 5.75 Å². The van der Waals surface area contributed by atoms with Crippen LogP contribution in [0.5, 0.6) is 5.75 Å². The number of carbonyl (C=O) groups excluding carboxylic acids is 1. The zero-order valence-electron chi connectivity index (χ0n) is 24.9. The number of alkyl halides is 1. The van der Waals surface area contributed by atoms with E-state index in [0.29, 0.717) is 35.4 Å². The molecule has 15 nitrogen and oxygen atoms in total. The van der Waals surface area contributed by atoms with E-state index in [1.807, 2.05) is 37.2 Å². The Kier molecular flexibility index (Phi) is 9.92. The highest BCUT2D eigenvalue weighted by Crippen LogP contribution is 2.46. The van der Waals surface area contributed by atoms with Crippen molar-refractivity contribution in [1.82, 2.24) is 9.62 Å². The molecule has 1 amide bonds. The molecule has 0 aromatic heterocycles. The summed E-state index contributed by atoms with van der Waals surface area (Å²) in [6, 6.07) is 10.6. The molecule has 0 saturated heterocycles. The molecule has 46 heavy (non-hydrogen) atoms. The zero-order valence-corrected chi connectivity index (χ0v) is 27.3. The number of ether oxygens (including phenoxy) is 1. The van der Waals surface area contributed by atoms with E-state index < -0.39 is 52.5 Å². The Morgan fingerprint density at radius 3 is 2.61 bits per heavy atom. The van der Waals surface area contributed by atoms with E-state index in [1.165, 1.54) is 12.1 Å². The SMILES string of the molecule is CN(C)CCOc1ccc2c(c1)CC(C(=O)N1CC(CCl)c3c1ccc1c([N+](=O)[O-])c(S(=O)(=O)NCCOP(=O)(O)O)ccc31)N2. The largest absolute Gasteiger partial charge is 0.492 e. The Bertz CT molecular complexity index is 1840. The number of sulfonamides is 1. The highest BCUT2D eigenvalue weighted by atomic mass is 35.5. The Balaban J connectivity index is 1.41. The maximum Gasteiger partial charge on any atom is 0.469 e. The minimum Gasteiger partial charge on any atom is -0.492 e. The highest BCUT2D eigenvalue weighted by molar-refractivity contribution is 7.89. The van der Waals surface area contributed by atoms with Crippen LogP contribution in [-0.2, 0) is 30.3 Å². The number of hydrogen-bond acceptors (Lipinski definition) is 10. The van der Waals surface area contributed by atoms with Gasteiger partial charge in [0.2, 0.25) is 15.9 Å². The number of anilines is 2. The normalized spacial score (nSPS) is 17.7. The summed E-state index contributed by atoms with van der Waals surface area (Å²) in [7, 11) is -5.40. The van der Waals surface area contributed by atoms with E-state index >= 15 is 0 Å². The van der Waals surface area contributed by atoms with Gasteiger partial charge in [-0.15, -0.1) is 11.6 Å². The number of halogens is 1. The second kappa shape index (κ2) is 13.4. The van der Waals surface area contributed by atoms with Crippen molar-refractivity contribution >= 4 is 63.2 Å². The van der Waals surface area contributed by atoms with Crippen molar-refractivity contribution in [2.75, 3.05) is 63.0 Å². The number of likely N-dealkylation sites (N-methyl/N-ethyl adjacent to an activating group) is 1.